The van der Waals surface area contributed by atoms with Crippen LogP contribution in [0.4, 0.5) is 11.4 Å². The molecule has 0 unspecified atom stereocenters. The first-order chi connectivity index (χ1) is 14.1. The highest BCUT2D eigenvalue weighted by Crippen LogP contribution is 2.33. The largest absolute Gasteiger partial charge is 1.00 e. The number of benzene rings is 2. The Labute approximate surface area is 206 Å². The third-order valence-electron chi connectivity index (χ3n) is 5.51. The van der Waals surface area contributed by atoms with Crippen LogP contribution in [0.1, 0.15) is 18.1 Å². The van der Waals surface area contributed by atoms with E-state index in [2.05, 4.69) is 132 Å². The molecule has 5 heteroatoms. The van der Waals surface area contributed by atoms with E-state index in [-0.39, 0.29) is 24.8 Å². The summed E-state index contributed by atoms with van der Waals surface area (Å²) in [6, 6.07) is 17.9. The van der Waals surface area contributed by atoms with Crippen LogP contribution < -0.4 is 34.2 Å². The van der Waals surface area contributed by atoms with Gasteiger partial charge < -0.3 is 29.7 Å². The Balaban J connectivity index is 0.00000256. The second-order valence-corrected chi connectivity index (χ2v) is 9.29. The van der Waals surface area contributed by atoms with Gasteiger partial charge in [0.05, 0.1) is 26.7 Å². The lowest BCUT2D eigenvalue weighted by Crippen LogP contribution is -3.00. The summed E-state index contributed by atoms with van der Waals surface area (Å²) in [5, 5.41) is 0. The molecule has 0 bridgehead atoms. The fourth-order valence-electron chi connectivity index (χ4n) is 3.72. The predicted molar refractivity (Wildman–Crippen MR) is 133 cm³/mol. The van der Waals surface area contributed by atoms with Gasteiger partial charge in [-0.05, 0) is 60.5 Å². The van der Waals surface area contributed by atoms with Crippen molar-refractivity contribution in [3.05, 3.63) is 89.0 Å². The SMILES string of the molecule is CC1=CC(=C(c2ccc(N(C)C)cc2)c2ccc([N+](C)(C)C)cc2)C(=[N+](C)C)C=C1.[Cl-].[Cl-]. The molecule has 1 aliphatic rings. The molecule has 0 spiro atoms. The number of halogens is 2. The second kappa shape index (κ2) is 11.0. The molecule has 0 aromatic heterocycles. The smallest absolute Gasteiger partial charge is 0.207 e. The van der Waals surface area contributed by atoms with Crippen LogP contribution in [0, 0.1) is 0 Å². The molecule has 172 valence electrons. The number of nitrogens with zero attached hydrogens (tertiary/aromatic N) is 3. The summed E-state index contributed by atoms with van der Waals surface area (Å²) in [4.78, 5) is 2.14. The van der Waals surface area contributed by atoms with Gasteiger partial charge in [-0.1, -0.05) is 23.8 Å². The van der Waals surface area contributed by atoms with Crippen LogP contribution in [0.2, 0.25) is 0 Å². The Hall–Kier alpha value is -2.33. The average Bonchev–Trinajstić information content (AvgIpc) is 2.68. The van der Waals surface area contributed by atoms with Gasteiger partial charge in [0.1, 0.15) is 19.8 Å². The van der Waals surface area contributed by atoms with E-state index in [0.717, 1.165) is 4.48 Å². The molecule has 0 fully saturated rings. The van der Waals surface area contributed by atoms with Crippen LogP contribution in [0.3, 0.4) is 0 Å². The van der Waals surface area contributed by atoms with E-state index >= 15 is 0 Å². The summed E-state index contributed by atoms with van der Waals surface area (Å²) in [6.45, 7) is 2.16. The maximum absolute atomic E-state index is 2.30. The Bertz CT molecular complexity index is 1050. The molecule has 1 aliphatic carbocycles. The molecule has 0 amide bonds. The molecule has 0 aliphatic heterocycles. The van der Waals surface area contributed by atoms with Crippen molar-refractivity contribution < 1.29 is 29.4 Å². The fourth-order valence-corrected chi connectivity index (χ4v) is 3.72. The van der Waals surface area contributed by atoms with E-state index in [9.17, 15) is 0 Å². The summed E-state index contributed by atoms with van der Waals surface area (Å²) in [5.41, 5.74) is 9.97. The highest BCUT2D eigenvalue weighted by molar-refractivity contribution is 6.15. The van der Waals surface area contributed by atoms with Gasteiger partial charge in [-0.3, -0.25) is 4.48 Å². The van der Waals surface area contributed by atoms with Crippen molar-refractivity contribution in [2.75, 3.05) is 54.2 Å². The molecular weight excluding hydrogens is 437 g/mol. The molecule has 0 N–H and O–H groups in total. The average molecular weight is 473 g/mol. The highest BCUT2D eigenvalue weighted by atomic mass is 35.5. The molecule has 32 heavy (non-hydrogen) atoms. The topological polar surface area (TPSA) is 6.25 Å². The second-order valence-electron chi connectivity index (χ2n) is 9.29. The number of anilines is 1. The number of allylic oxidation sites excluding steroid dienone is 5. The first kappa shape index (κ1) is 27.7. The molecule has 3 nitrogen and oxygen atoms in total. The van der Waals surface area contributed by atoms with Crippen molar-refractivity contribution in [3.63, 3.8) is 0 Å². The van der Waals surface area contributed by atoms with E-state index in [1.165, 1.54) is 44.9 Å². The van der Waals surface area contributed by atoms with Crippen molar-refractivity contribution in [1.29, 1.82) is 0 Å². The lowest BCUT2D eigenvalue weighted by atomic mass is 9.87. The Kier molecular flexibility index (Phi) is 9.52. The van der Waals surface area contributed by atoms with Gasteiger partial charge in [-0.15, -0.1) is 0 Å². The third-order valence-corrected chi connectivity index (χ3v) is 5.51. The van der Waals surface area contributed by atoms with E-state index in [4.69, 9.17) is 0 Å². The molecule has 0 atom stereocenters. The summed E-state index contributed by atoms with van der Waals surface area (Å²) in [7, 11) is 15.0. The first-order valence-corrected chi connectivity index (χ1v) is 10.4. The van der Waals surface area contributed by atoms with Gasteiger partial charge >= 0.3 is 0 Å². The van der Waals surface area contributed by atoms with Crippen LogP contribution in [0.15, 0.2) is 77.9 Å². The summed E-state index contributed by atoms with van der Waals surface area (Å²) >= 11 is 0. The standard InChI is InChI=1S/C27H35N3.2ClH/c1-20-9-18-26(29(4)5)25(19-20)27(21-10-14-23(15-11-21)28(2)3)22-12-16-24(17-13-22)30(6,7)8;;/h9-19H,1-8H3;2*1H/q+2;;/p-2. The minimum atomic E-state index is 0. The first-order valence-electron chi connectivity index (χ1n) is 10.4. The van der Waals surface area contributed by atoms with Crippen molar-refractivity contribution >= 4 is 22.7 Å². The number of hydrogen-bond acceptors (Lipinski definition) is 1. The van der Waals surface area contributed by atoms with Gasteiger partial charge in [0.15, 0.2) is 0 Å². The minimum Gasteiger partial charge on any atom is -1.00 e. The van der Waals surface area contributed by atoms with Crippen molar-refractivity contribution in [2.45, 2.75) is 6.92 Å². The third kappa shape index (κ3) is 6.13. The Morgan fingerprint density at radius 2 is 1.28 bits per heavy atom. The predicted octanol–water partition coefficient (Wildman–Crippen LogP) is -1.01. The molecule has 2 aromatic carbocycles. The molecular formula is C27H35Cl2N3. The van der Waals surface area contributed by atoms with Gasteiger partial charge in [-0.2, -0.15) is 0 Å². The van der Waals surface area contributed by atoms with E-state index in [1.54, 1.807) is 0 Å². The summed E-state index contributed by atoms with van der Waals surface area (Å²) in [5.74, 6) is 0. The van der Waals surface area contributed by atoms with Crippen molar-refractivity contribution in [3.8, 4) is 0 Å². The molecule has 0 heterocycles. The van der Waals surface area contributed by atoms with Crippen LogP contribution in [0.25, 0.3) is 5.57 Å². The molecule has 0 saturated carbocycles. The van der Waals surface area contributed by atoms with E-state index in [0.29, 0.717) is 0 Å². The molecule has 3 rings (SSSR count). The van der Waals surface area contributed by atoms with Crippen LogP contribution in [0.5, 0.6) is 0 Å². The van der Waals surface area contributed by atoms with E-state index in [1.807, 2.05) is 0 Å². The Morgan fingerprint density at radius 3 is 1.72 bits per heavy atom. The molecule has 0 saturated heterocycles. The Morgan fingerprint density at radius 1 is 0.781 bits per heavy atom. The van der Waals surface area contributed by atoms with Crippen LogP contribution in [-0.4, -0.2) is 59.6 Å². The summed E-state index contributed by atoms with van der Waals surface area (Å²) in [6.07, 6.45) is 6.71. The minimum absolute atomic E-state index is 0. The van der Waals surface area contributed by atoms with E-state index < -0.39 is 0 Å². The van der Waals surface area contributed by atoms with Crippen molar-refractivity contribution in [2.24, 2.45) is 0 Å². The zero-order chi connectivity index (χ0) is 22.1. The quantitative estimate of drug-likeness (QED) is 0.409. The number of hydrogen-bond donors (Lipinski definition) is 0. The summed E-state index contributed by atoms with van der Waals surface area (Å²) < 4.78 is 3.00. The monoisotopic (exact) mass is 471 g/mol. The van der Waals surface area contributed by atoms with Gasteiger partial charge in [-0.25, -0.2) is 4.58 Å². The maximum atomic E-state index is 2.30. The molecule has 2 aromatic rings. The van der Waals surface area contributed by atoms with Crippen LogP contribution >= 0.6 is 0 Å². The maximum Gasteiger partial charge on any atom is 0.207 e. The zero-order valence-corrected chi connectivity index (χ0v) is 22.0. The lowest BCUT2D eigenvalue weighted by Gasteiger charge is -2.24. The van der Waals surface area contributed by atoms with Crippen molar-refractivity contribution in [1.82, 2.24) is 4.48 Å². The number of quaternary nitrogens is 1. The number of rotatable bonds is 4. The van der Waals surface area contributed by atoms with Gasteiger partial charge in [0, 0.05) is 31.4 Å². The fraction of sp³-hybridized carbons (Fsp3) is 0.296. The lowest BCUT2D eigenvalue weighted by molar-refractivity contribution is -0.463. The van der Waals surface area contributed by atoms with Gasteiger partial charge in [0.2, 0.25) is 5.71 Å². The normalized spacial score (nSPS) is 14.8. The van der Waals surface area contributed by atoms with Crippen LogP contribution in [-0.2, 0) is 0 Å². The molecule has 0 radical (unpaired) electrons. The van der Waals surface area contributed by atoms with Gasteiger partial charge in [0.25, 0.3) is 0 Å². The zero-order valence-electron chi connectivity index (χ0n) is 20.4. The highest BCUT2D eigenvalue weighted by Gasteiger charge is 2.22.